The molecule has 0 aromatic heterocycles. The van der Waals surface area contributed by atoms with Crippen LogP contribution in [0.5, 0.6) is 0 Å². The van der Waals surface area contributed by atoms with Crippen molar-refractivity contribution >= 4 is 5.97 Å². The second-order valence-electron chi connectivity index (χ2n) is 6.52. The highest BCUT2D eigenvalue weighted by Crippen LogP contribution is 2.37. The van der Waals surface area contributed by atoms with E-state index >= 15 is 0 Å². The standard InChI is InChI=1S/C17H21F4NO3/c1-2-5-16(15(24)25)6-7-22(10-14(16)23)9-11-8-12(17(19,20)21)3-4-13(11)18/h3-4,8,14,23H,2,5-7,9-10H2,1H3,(H,24,25)/t14-,16-/m0/s1. The fraction of sp³-hybridized carbons (Fsp3) is 0.588. The van der Waals surface area contributed by atoms with E-state index in [2.05, 4.69) is 0 Å². The van der Waals surface area contributed by atoms with Crippen molar-refractivity contribution in [1.29, 1.82) is 0 Å². The Morgan fingerprint density at radius 2 is 2.08 bits per heavy atom. The largest absolute Gasteiger partial charge is 0.481 e. The molecule has 0 saturated carbocycles. The van der Waals surface area contributed by atoms with Gasteiger partial charge in [-0.1, -0.05) is 13.3 Å². The maximum Gasteiger partial charge on any atom is 0.416 e. The van der Waals surface area contributed by atoms with Gasteiger partial charge in [-0.05, 0) is 37.6 Å². The van der Waals surface area contributed by atoms with Gasteiger partial charge in [-0.3, -0.25) is 9.69 Å². The van der Waals surface area contributed by atoms with Gasteiger partial charge in [0.25, 0.3) is 0 Å². The summed E-state index contributed by atoms with van der Waals surface area (Å²) < 4.78 is 52.2. The molecule has 0 aliphatic carbocycles. The van der Waals surface area contributed by atoms with Gasteiger partial charge in [-0.15, -0.1) is 0 Å². The van der Waals surface area contributed by atoms with Crippen LogP contribution in [0.1, 0.15) is 37.3 Å². The van der Waals surface area contributed by atoms with Crippen LogP contribution < -0.4 is 0 Å². The van der Waals surface area contributed by atoms with Crippen LogP contribution in [-0.4, -0.2) is 40.3 Å². The van der Waals surface area contributed by atoms with Crippen molar-refractivity contribution < 1.29 is 32.6 Å². The molecule has 1 fully saturated rings. The van der Waals surface area contributed by atoms with Crippen LogP contribution >= 0.6 is 0 Å². The number of hydrogen-bond acceptors (Lipinski definition) is 3. The highest BCUT2D eigenvalue weighted by molar-refractivity contribution is 5.75. The van der Waals surface area contributed by atoms with Crippen molar-refractivity contribution in [2.45, 2.75) is 45.0 Å². The third kappa shape index (κ3) is 4.12. The number of benzene rings is 1. The number of aliphatic hydroxyl groups excluding tert-OH is 1. The molecular formula is C17H21F4NO3. The van der Waals surface area contributed by atoms with Crippen LogP contribution in [0.3, 0.4) is 0 Å². The van der Waals surface area contributed by atoms with Gasteiger partial charge in [0.05, 0.1) is 17.1 Å². The quantitative estimate of drug-likeness (QED) is 0.789. The molecule has 1 aliphatic rings. The summed E-state index contributed by atoms with van der Waals surface area (Å²) in [5, 5.41) is 19.8. The molecular weight excluding hydrogens is 342 g/mol. The number of hydrogen-bond donors (Lipinski definition) is 2. The molecule has 140 valence electrons. The summed E-state index contributed by atoms with van der Waals surface area (Å²) in [6.45, 7) is 1.94. The molecule has 0 unspecified atom stereocenters. The number of rotatable bonds is 5. The second-order valence-corrected chi connectivity index (χ2v) is 6.52. The van der Waals surface area contributed by atoms with Crippen LogP contribution in [0, 0.1) is 11.2 Å². The van der Waals surface area contributed by atoms with Crippen molar-refractivity contribution in [2.75, 3.05) is 13.1 Å². The molecule has 2 atom stereocenters. The smallest absolute Gasteiger partial charge is 0.416 e. The number of β-amino-alcohol motifs (C(OH)–C–C–N with tert-alkyl or cyclic N) is 1. The third-order valence-electron chi connectivity index (χ3n) is 4.83. The monoisotopic (exact) mass is 363 g/mol. The maximum absolute atomic E-state index is 13.9. The van der Waals surface area contributed by atoms with Crippen molar-refractivity contribution in [3.05, 3.63) is 35.1 Å². The SMILES string of the molecule is CCC[C@]1(C(=O)O)CCN(Cc2cc(C(F)(F)F)ccc2F)C[C@@H]1O. The number of nitrogens with zero attached hydrogens (tertiary/aromatic N) is 1. The highest BCUT2D eigenvalue weighted by atomic mass is 19.4. The number of likely N-dealkylation sites (tertiary alicyclic amines) is 1. The lowest BCUT2D eigenvalue weighted by molar-refractivity contribution is -0.164. The number of aliphatic carboxylic acids is 1. The second kappa shape index (κ2) is 7.29. The summed E-state index contributed by atoms with van der Waals surface area (Å²) in [6.07, 6.45) is -4.66. The summed E-state index contributed by atoms with van der Waals surface area (Å²) in [4.78, 5) is 13.2. The minimum absolute atomic E-state index is 0.0258. The molecule has 1 aromatic rings. The first-order valence-electron chi connectivity index (χ1n) is 8.09. The van der Waals surface area contributed by atoms with Crippen LogP contribution in [0.15, 0.2) is 18.2 Å². The zero-order valence-corrected chi connectivity index (χ0v) is 13.8. The van der Waals surface area contributed by atoms with Crippen LogP contribution in [0.4, 0.5) is 17.6 Å². The average molecular weight is 363 g/mol. The normalized spacial score (nSPS) is 25.1. The molecule has 4 nitrogen and oxygen atoms in total. The molecule has 1 heterocycles. The number of aliphatic hydroxyl groups is 1. The molecule has 2 N–H and O–H groups in total. The Morgan fingerprint density at radius 3 is 2.60 bits per heavy atom. The van der Waals surface area contributed by atoms with Gasteiger partial charge < -0.3 is 10.2 Å². The van der Waals surface area contributed by atoms with E-state index in [0.717, 1.165) is 12.1 Å². The lowest BCUT2D eigenvalue weighted by Gasteiger charge is -2.42. The van der Waals surface area contributed by atoms with E-state index in [1.807, 2.05) is 6.92 Å². The predicted molar refractivity (Wildman–Crippen MR) is 82.3 cm³/mol. The number of halogens is 4. The van der Waals surface area contributed by atoms with Crippen LogP contribution in [-0.2, 0) is 17.5 Å². The third-order valence-corrected chi connectivity index (χ3v) is 4.83. The number of alkyl halides is 3. The van der Waals surface area contributed by atoms with Gasteiger partial charge in [-0.25, -0.2) is 4.39 Å². The minimum atomic E-state index is -4.57. The Balaban J connectivity index is 2.15. The fourth-order valence-electron chi connectivity index (χ4n) is 3.39. The zero-order chi connectivity index (χ0) is 18.8. The van der Waals surface area contributed by atoms with Gasteiger partial charge >= 0.3 is 12.1 Å². The van der Waals surface area contributed by atoms with Crippen LogP contribution in [0.2, 0.25) is 0 Å². The van der Waals surface area contributed by atoms with Gasteiger partial charge in [0.1, 0.15) is 5.82 Å². The highest BCUT2D eigenvalue weighted by Gasteiger charge is 2.47. The van der Waals surface area contributed by atoms with Crippen molar-refractivity contribution in [1.82, 2.24) is 4.90 Å². The van der Waals surface area contributed by atoms with E-state index in [9.17, 15) is 32.6 Å². The van der Waals surface area contributed by atoms with E-state index in [-0.39, 0.29) is 31.6 Å². The molecule has 0 radical (unpaired) electrons. The van der Waals surface area contributed by atoms with Gasteiger partial charge in [0.15, 0.2) is 0 Å². The summed E-state index contributed by atoms with van der Waals surface area (Å²) >= 11 is 0. The lowest BCUT2D eigenvalue weighted by Crippen LogP contribution is -2.54. The molecule has 1 saturated heterocycles. The predicted octanol–water partition coefficient (Wildman–Crippen LogP) is 3.28. The maximum atomic E-state index is 13.9. The molecule has 2 rings (SSSR count). The Kier molecular flexibility index (Phi) is 5.73. The Labute approximate surface area is 143 Å². The fourth-order valence-corrected chi connectivity index (χ4v) is 3.39. The summed E-state index contributed by atoms with van der Waals surface area (Å²) in [5.41, 5.74) is -2.31. The van der Waals surface area contributed by atoms with Gasteiger partial charge in [0.2, 0.25) is 0 Å². The molecule has 25 heavy (non-hydrogen) atoms. The zero-order valence-electron chi connectivity index (χ0n) is 13.8. The van der Waals surface area contributed by atoms with Crippen molar-refractivity contribution in [3.63, 3.8) is 0 Å². The van der Waals surface area contributed by atoms with E-state index in [1.54, 1.807) is 4.90 Å². The Bertz CT molecular complexity index is 635. The lowest BCUT2D eigenvalue weighted by atomic mass is 9.72. The molecule has 1 aromatic carbocycles. The Hall–Kier alpha value is -1.67. The minimum Gasteiger partial charge on any atom is -0.481 e. The molecule has 0 spiro atoms. The van der Waals surface area contributed by atoms with Crippen LogP contribution in [0.25, 0.3) is 0 Å². The first-order valence-corrected chi connectivity index (χ1v) is 8.09. The van der Waals surface area contributed by atoms with E-state index in [4.69, 9.17) is 0 Å². The molecule has 1 aliphatic heterocycles. The first-order chi connectivity index (χ1) is 11.6. The summed E-state index contributed by atoms with van der Waals surface area (Å²) in [5.74, 6) is -1.84. The molecule has 0 bridgehead atoms. The summed E-state index contributed by atoms with van der Waals surface area (Å²) in [7, 11) is 0. The number of carboxylic acids is 1. The van der Waals surface area contributed by atoms with E-state index in [1.165, 1.54) is 0 Å². The van der Waals surface area contributed by atoms with E-state index in [0.29, 0.717) is 18.9 Å². The number of carboxylic acid groups (broad SMARTS) is 1. The van der Waals surface area contributed by atoms with Crippen molar-refractivity contribution in [2.24, 2.45) is 5.41 Å². The topological polar surface area (TPSA) is 60.8 Å². The number of carbonyl (C=O) groups is 1. The van der Waals surface area contributed by atoms with Crippen molar-refractivity contribution in [3.8, 4) is 0 Å². The van der Waals surface area contributed by atoms with Gasteiger partial charge in [0, 0.05) is 18.7 Å². The first kappa shape index (κ1) is 19.7. The van der Waals surface area contributed by atoms with Gasteiger partial charge in [-0.2, -0.15) is 13.2 Å². The Morgan fingerprint density at radius 1 is 1.40 bits per heavy atom. The number of piperidine rings is 1. The average Bonchev–Trinajstić information content (AvgIpc) is 2.51. The molecule has 8 heteroatoms. The molecule has 0 amide bonds. The summed E-state index contributed by atoms with van der Waals surface area (Å²) in [6, 6.07) is 2.21. The van der Waals surface area contributed by atoms with E-state index < -0.39 is 35.0 Å².